The van der Waals surface area contributed by atoms with Crippen molar-refractivity contribution < 1.29 is 18.3 Å². The highest BCUT2D eigenvalue weighted by Crippen LogP contribution is 2.35. The van der Waals surface area contributed by atoms with Gasteiger partial charge < -0.3 is 9.47 Å². The summed E-state index contributed by atoms with van der Waals surface area (Å²) in [4.78, 5) is 19.6. The summed E-state index contributed by atoms with van der Waals surface area (Å²) in [5.41, 5.74) is 1.81. The first-order valence-corrected chi connectivity index (χ1v) is 9.89. The normalized spacial score (nSPS) is 16.4. The lowest BCUT2D eigenvalue weighted by molar-refractivity contribution is -0.0512. The minimum Gasteiger partial charge on any atom is -0.493 e. The number of hydrogen-bond donors (Lipinski definition) is 0. The number of aryl methyl sites for hydroxylation is 1. The van der Waals surface area contributed by atoms with Gasteiger partial charge >= 0.3 is 6.61 Å². The van der Waals surface area contributed by atoms with Crippen molar-refractivity contribution in [1.82, 2.24) is 9.55 Å². The number of fused-ring (bicyclic) bond motifs is 3. The molecule has 2 aromatic heterocycles. The summed E-state index contributed by atoms with van der Waals surface area (Å²) in [6, 6.07) is 4.66. The monoisotopic (exact) mass is 406 g/mol. The maximum absolute atomic E-state index is 13.1. The van der Waals surface area contributed by atoms with Crippen molar-refractivity contribution in [3.05, 3.63) is 50.9 Å². The number of rotatable bonds is 5. The minimum atomic E-state index is -2.93. The molecular weight excluding hydrogens is 386 g/mol. The van der Waals surface area contributed by atoms with Gasteiger partial charge in [-0.05, 0) is 48.4 Å². The van der Waals surface area contributed by atoms with Crippen LogP contribution in [-0.4, -0.2) is 23.3 Å². The average Bonchev–Trinajstić information content (AvgIpc) is 3.02. The standard InChI is InChI=1S/C20H20F2N2O3S/c1-11-3-5-13-16(7-11)28-18-17(13)19(25)24(10-23-18)9-12-4-6-14(27-20(21)22)15(8-12)26-2/h4,6,8,10-11,20H,3,5,7,9H2,1-2H3. The van der Waals surface area contributed by atoms with Crippen LogP contribution in [0.5, 0.6) is 11.5 Å². The van der Waals surface area contributed by atoms with Crippen LogP contribution in [0, 0.1) is 5.92 Å². The molecule has 5 nitrogen and oxygen atoms in total. The Morgan fingerprint density at radius 3 is 2.93 bits per heavy atom. The third-order valence-electron chi connectivity index (χ3n) is 5.08. The summed E-state index contributed by atoms with van der Waals surface area (Å²) in [5, 5.41) is 0.721. The van der Waals surface area contributed by atoms with E-state index in [2.05, 4.69) is 16.6 Å². The van der Waals surface area contributed by atoms with Gasteiger partial charge in [0.1, 0.15) is 4.83 Å². The van der Waals surface area contributed by atoms with Crippen LogP contribution < -0.4 is 15.0 Å². The molecule has 1 aliphatic carbocycles. The maximum atomic E-state index is 13.1. The lowest BCUT2D eigenvalue weighted by Crippen LogP contribution is -2.22. The molecule has 8 heteroatoms. The SMILES string of the molecule is COc1cc(Cn2cnc3sc4c(c3c2=O)CCC(C)C4)ccc1OC(F)F. The van der Waals surface area contributed by atoms with Crippen LogP contribution >= 0.6 is 11.3 Å². The van der Waals surface area contributed by atoms with Crippen molar-refractivity contribution in [3.8, 4) is 11.5 Å². The van der Waals surface area contributed by atoms with Crippen molar-refractivity contribution in [2.75, 3.05) is 7.11 Å². The van der Waals surface area contributed by atoms with Gasteiger partial charge in [-0.3, -0.25) is 9.36 Å². The highest BCUT2D eigenvalue weighted by Gasteiger charge is 2.23. The number of nitrogens with zero attached hydrogens (tertiary/aromatic N) is 2. The first kappa shape index (κ1) is 18.9. The number of alkyl halides is 2. The number of hydrogen-bond acceptors (Lipinski definition) is 5. The van der Waals surface area contributed by atoms with Gasteiger partial charge in [-0.15, -0.1) is 11.3 Å². The van der Waals surface area contributed by atoms with Crippen molar-refractivity contribution in [2.45, 2.75) is 39.3 Å². The molecule has 0 saturated heterocycles. The molecule has 1 aromatic carbocycles. The molecule has 0 N–H and O–H groups in total. The number of methoxy groups -OCH3 is 1. The molecule has 148 valence electrons. The maximum Gasteiger partial charge on any atom is 0.387 e. The van der Waals surface area contributed by atoms with E-state index in [-0.39, 0.29) is 23.6 Å². The molecule has 0 aliphatic heterocycles. The lowest BCUT2D eigenvalue weighted by atomic mass is 9.89. The first-order valence-electron chi connectivity index (χ1n) is 9.07. The first-order chi connectivity index (χ1) is 13.5. The molecule has 0 radical (unpaired) electrons. The number of thiophene rings is 1. The number of aromatic nitrogens is 2. The van der Waals surface area contributed by atoms with Crippen LogP contribution in [0.15, 0.2) is 29.3 Å². The van der Waals surface area contributed by atoms with E-state index in [0.29, 0.717) is 5.92 Å². The summed E-state index contributed by atoms with van der Waals surface area (Å²) >= 11 is 1.61. The van der Waals surface area contributed by atoms with E-state index in [4.69, 9.17) is 4.74 Å². The van der Waals surface area contributed by atoms with Gasteiger partial charge in [0, 0.05) is 4.88 Å². The quantitative estimate of drug-likeness (QED) is 0.636. The van der Waals surface area contributed by atoms with Crippen molar-refractivity contribution in [1.29, 1.82) is 0 Å². The second-order valence-electron chi connectivity index (χ2n) is 7.07. The Hall–Kier alpha value is -2.48. The second-order valence-corrected chi connectivity index (χ2v) is 8.16. The molecule has 1 unspecified atom stereocenters. The highest BCUT2D eigenvalue weighted by molar-refractivity contribution is 7.18. The van der Waals surface area contributed by atoms with E-state index in [9.17, 15) is 13.6 Å². The molecule has 0 saturated carbocycles. The van der Waals surface area contributed by atoms with E-state index in [1.54, 1.807) is 34.4 Å². The van der Waals surface area contributed by atoms with Gasteiger partial charge in [0.15, 0.2) is 11.5 Å². The number of halogens is 2. The van der Waals surface area contributed by atoms with Crippen LogP contribution in [0.4, 0.5) is 8.78 Å². The fourth-order valence-corrected chi connectivity index (χ4v) is 5.02. The summed E-state index contributed by atoms with van der Waals surface area (Å²) in [5.74, 6) is 0.786. The highest BCUT2D eigenvalue weighted by atomic mass is 32.1. The Morgan fingerprint density at radius 2 is 2.18 bits per heavy atom. The molecule has 0 spiro atoms. The van der Waals surface area contributed by atoms with E-state index in [1.165, 1.54) is 18.1 Å². The van der Waals surface area contributed by atoms with Gasteiger partial charge in [0.25, 0.3) is 5.56 Å². The van der Waals surface area contributed by atoms with Crippen LogP contribution in [0.2, 0.25) is 0 Å². The van der Waals surface area contributed by atoms with Gasteiger partial charge in [0.2, 0.25) is 0 Å². The molecule has 1 atom stereocenters. The summed E-state index contributed by atoms with van der Waals surface area (Å²) in [7, 11) is 1.38. The van der Waals surface area contributed by atoms with Gasteiger partial charge in [-0.2, -0.15) is 8.78 Å². The third-order valence-corrected chi connectivity index (χ3v) is 6.24. The van der Waals surface area contributed by atoms with Crippen molar-refractivity contribution in [2.24, 2.45) is 5.92 Å². The van der Waals surface area contributed by atoms with Crippen molar-refractivity contribution >= 4 is 21.6 Å². The lowest BCUT2D eigenvalue weighted by Gasteiger charge is -2.17. The van der Waals surface area contributed by atoms with E-state index < -0.39 is 6.61 Å². The molecule has 28 heavy (non-hydrogen) atoms. The zero-order valence-corrected chi connectivity index (χ0v) is 16.4. The molecule has 0 fully saturated rings. The predicted octanol–water partition coefficient (Wildman–Crippen LogP) is 4.24. The third kappa shape index (κ3) is 3.48. The fraction of sp³-hybridized carbons (Fsp3) is 0.400. The second kappa shape index (κ2) is 7.50. The number of ether oxygens (including phenoxy) is 2. The van der Waals surface area contributed by atoms with Crippen LogP contribution in [0.1, 0.15) is 29.3 Å². The molecule has 3 aromatic rings. The van der Waals surface area contributed by atoms with Crippen LogP contribution in [0.3, 0.4) is 0 Å². The van der Waals surface area contributed by atoms with E-state index in [0.717, 1.165) is 40.6 Å². The van der Waals surface area contributed by atoms with E-state index >= 15 is 0 Å². The fourth-order valence-electron chi connectivity index (χ4n) is 3.68. The Labute approximate surface area is 164 Å². The van der Waals surface area contributed by atoms with Gasteiger partial charge in [-0.1, -0.05) is 13.0 Å². The molecule has 0 bridgehead atoms. The minimum absolute atomic E-state index is 0.0387. The Kier molecular flexibility index (Phi) is 5.05. The Balaban J connectivity index is 1.69. The van der Waals surface area contributed by atoms with E-state index in [1.807, 2.05) is 0 Å². The zero-order valence-electron chi connectivity index (χ0n) is 15.6. The molecular formula is C20H20F2N2O3S. The molecule has 0 amide bonds. The topological polar surface area (TPSA) is 53.4 Å². The predicted molar refractivity (Wildman–Crippen MR) is 104 cm³/mol. The summed E-state index contributed by atoms with van der Waals surface area (Å²) < 4.78 is 36.1. The zero-order chi connectivity index (χ0) is 19.8. The van der Waals surface area contributed by atoms with Gasteiger partial charge in [-0.25, -0.2) is 4.98 Å². The van der Waals surface area contributed by atoms with Gasteiger partial charge in [0.05, 0.1) is 25.4 Å². The Morgan fingerprint density at radius 1 is 1.36 bits per heavy atom. The average molecular weight is 406 g/mol. The number of benzene rings is 1. The molecule has 4 rings (SSSR count). The van der Waals surface area contributed by atoms with Crippen molar-refractivity contribution in [3.63, 3.8) is 0 Å². The summed E-state index contributed by atoms with van der Waals surface area (Å²) in [6.07, 6.45) is 4.53. The smallest absolute Gasteiger partial charge is 0.387 e. The summed E-state index contributed by atoms with van der Waals surface area (Å²) in [6.45, 7) is -0.427. The molecule has 1 aliphatic rings. The van der Waals surface area contributed by atoms with Crippen LogP contribution in [0.25, 0.3) is 10.2 Å². The Bertz CT molecular complexity index is 1080. The molecule has 2 heterocycles. The largest absolute Gasteiger partial charge is 0.493 e. The van der Waals surface area contributed by atoms with Crippen LogP contribution in [-0.2, 0) is 19.4 Å².